The molecule has 0 saturated heterocycles. The molecule has 11 heavy (non-hydrogen) atoms. The molecule has 0 aliphatic rings. The molecule has 0 rings (SSSR count). The summed E-state index contributed by atoms with van der Waals surface area (Å²) in [5.41, 5.74) is 0. The Morgan fingerprint density at radius 1 is 1.73 bits per heavy atom. The minimum atomic E-state index is -0.393. The quantitative estimate of drug-likeness (QED) is 0.208. The molecule has 0 aromatic carbocycles. The van der Waals surface area contributed by atoms with E-state index in [4.69, 9.17) is 5.11 Å². The van der Waals surface area contributed by atoms with E-state index in [1.807, 2.05) is 0 Å². The first-order valence-electron chi connectivity index (χ1n) is 2.77. The number of nitrogens with zero attached hydrogens (tertiary/aromatic N) is 3. The van der Waals surface area contributed by atoms with Gasteiger partial charge in [0.1, 0.15) is 6.04 Å². The molecule has 0 radical (unpaired) electrons. The van der Waals surface area contributed by atoms with Crippen molar-refractivity contribution in [1.29, 1.82) is 0 Å². The number of hydrogen-bond acceptors (Lipinski definition) is 4. The normalized spacial score (nSPS) is 13.5. The molecule has 0 amide bonds. The van der Waals surface area contributed by atoms with Gasteiger partial charge in [-0.25, -0.2) is 0 Å². The van der Waals surface area contributed by atoms with Crippen molar-refractivity contribution in [3.8, 4) is 0 Å². The van der Waals surface area contributed by atoms with E-state index in [-0.39, 0.29) is 41.1 Å². The van der Waals surface area contributed by atoms with Crippen molar-refractivity contribution in [2.75, 3.05) is 13.7 Å². The van der Waals surface area contributed by atoms with Crippen LogP contribution in [0.15, 0.2) is 5.28 Å². The van der Waals surface area contributed by atoms with Gasteiger partial charge in [0, 0.05) is 4.97 Å². The predicted molar refractivity (Wildman–Crippen MR) is 33.7 cm³/mol. The molecule has 0 heterocycles. The van der Waals surface area contributed by atoms with Gasteiger partial charge in [-0.3, -0.25) is 0 Å². The molecule has 1 N–H and O–H groups in total. The van der Waals surface area contributed by atoms with E-state index in [1.165, 1.54) is 7.05 Å². The van der Waals surface area contributed by atoms with Crippen LogP contribution in [0, 0.1) is 10.4 Å². The third-order valence-electron chi connectivity index (χ3n) is 1.24. The second-order valence-electron chi connectivity index (χ2n) is 1.94. The fraction of sp³-hybridized carbons (Fsp3) is 1.00. The zero-order valence-corrected chi connectivity index (χ0v) is 8.89. The number of hydrogen-bond donors (Lipinski definition) is 1. The molecule has 0 aliphatic heterocycles. The summed E-state index contributed by atoms with van der Waals surface area (Å²) in [5, 5.41) is 31.6. The Bertz CT molecular complexity index is 132. The molecule has 6 nitrogen and oxygen atoms in total. The van der Waals surface area contributed by atoms with E-state index < -0.39 is 6.04 Å². The molecular formula is C4H10N3NaO3. The second kappa shape index (κ2) is 6.66. The van der Waals surface area contributed by atoms with E-state index in [0.717, 1.165) is 5.01 Å². The van der Waals surface area contributed by atoms with E-state index in [1.54, 1.807) is 6.92 Å². The van der Waals surface area contributed by atoms with Gasteiger partial charge >= 0.3 is 29.6 Å². The smallest absolute Gasteiger partial charge is 0.737 e. The fourth-order valence-electron chi connectivity index (χ4n) is 0.344. The fourth-order valence-corrected chi connectivity index (χ4v) is 0.344. The van der Waals surface area contributed by atoms with Crippen LogP contribution < -0.4 is 29.6 Å². The average molecular weight is 171 g/mol. The van der Waals surface area contributed by atoms with Crippen molar-refractivity contribution >= 4 is 0 Å². The van der Waals surface area contributed by atoms with Gasteiger partial charge in [-0.2, -0.15) is 0 Å². The van der Waals surface area contributed by atoms with E-state index in [2.05, 4.69) is 5.28 Å². The molecule has 0 aromatic heterocycles. The third kappa shape index (κ3) is 4.41. The molecule has 0 aromatic rings. The first-order chi connectivity index (χ1) is 4.63. The number of likely N-dealkylation sites (N-methyl/N-ethyl adjacent to an activating group) is 1. The van der Waals surface area contributed by atoms with Crippen LogP contribution in [0.4, 0.5) is 0 Å². The van der Waals surface area contributed by atoms with Gasteiger partial charge in [0.25, 0.3) is 0 Å². The number of aliphatic hydroxyl groups excluding tert-OH is 1. The Kier molecular flexibility index (Phi) is 8.20. The van der Waals surface area contributed by atoms with E-state index in [0.29, 0.717) is 0 Å². The molecule has 1 unspecified atom stereocenters. The summed E-state index contributed by atoms with van der Waals surface area (Å²) in [7, 11) is 1.37. The monoisotopic (exact) mass is 171 g/mol. The van der Waals surface area contributed by atoms with Gasteiger partial charge in [0.15, 0.2) is 0 Å². The standard InChI is InChI=1S/C4H11N3O3.Na/c1-4(3-8)6(2)7(10)5-9;/h4,8-9H,3H2,1-2H3;/q;+1/p-1. The topological polar surface area (TPSA) is 85.0 Å². The van der Waals surface area contributed by atoms with Crippen molar-refractivity contribution in [3.05, 3.63) is 10.4 Å². The van der Waals surface area contributed by atoms with Crippen LogP contribution >= 0.6 is 0 Å². The molecule has 0 saturated carbocycles. The summed E-state index contributed by atoms with van der Waals surface area (Å²) >= 11 is 0. The summed E-state index contributed by atoms with van der Waals surface area (Å²) in [5.74, 6) is 0. The van der Waals surface area contributed by atoms with Gasteiger partial charge in [-0.15, -0.1) is 5.01 Å². The number of hydrazine groups is 1. The van der Waals surface area contributed by atoms with Crippen molar-refractivity contribution < 1.29 is 39.6 Å². The van der Waals surface area contributed by atoms with Gasteiger partial charge in [0.05, 0.1) is 13.7 Å². The van der Waals surface area contributed by atoms with Gasteiger partial charge in [-0.1, -0.05) is 0 Å². The molecule has 7 heteroatoms. The first kappa shape index (κ1) is 13.5. The molecule has 0 bridgehead atoms. The minimum absolute atomic E-state index is 0. The predicted octanol–water partition coefficient (Wildman–Crippen LogP) is -3.32. The number of rotatable bonds is 3. The maximum Gasteiger partial charge on any atom is 1.00 e. The Morgan fingerprint density at radius 2 is 2.18 bits per heavy atom. The van der Waals surface area contributed by atoms with E-state index in [9.17, 15) is 10.4 Å². The SMILES string of the molecule is CC(CO)N(C)[N+]([O-])=N[O-].[Na+]. The van der Waals surface area contributed by atoms with E-state index >= 15 is 0 Å². The summed E-state index contributed by atoms with van der Waals surface area (Å²) in [4.78, 5) is -0.110. The maximum absolute atomic E-state index is 10.4. The molecule has 1 atom stereocenters. The first-order valence-corrected chi connectivity index (χ1v) is 2.77. The Balaban J connectivity index is 0. The Morgan fingerprint density at radius 3 is 2.45 bits per heavy atom. The van der Waals surface area contributed by atoms with Crippen LogP contribution in [0.25, 0.3) is 0 Å². The van der Waals surface area contributed by atoms with Gasteiger partial charge in [-0.05, 0) is 12.2 Å². The summed E-state index contributed by atoms with van der Waals surface area (Å²) in [6.45, 7) is 1.40. The largest absolute Gasteiger partial charge is 1.00 e. The van der Waals surface area contributed by atoms with Crippen LogP contribution in [0.5, 0.6) is 0 Å². The maximum atomic E-state index is 10.4. The third-order valence-corrected chi connectivity index (χ3v) is 1.24. The number of aliphatic hydroxyl groups is 1. The van der Waals surface area contributed by atoms with Crippen LogP contribution in [0.2, 0.25) is 0 Å². The van der Waals surface area contributed by atoms with Gasteiger partial charge < -0.3 is 15.5 Å². The summed E-state index contributed by atoms with van der Waals surface area (Å²) in [6.07, 6.45) is 0. The van der Waals surface area contributed by atoms with Crippen molar-refractivity contribution in [2.24, 2.45) is 5.28 Å². The van der Waals surface area contributed by atoms with Crippen LogP contribution in [0.3, 0.4) is 0 Å². The van der Waals surface area contributed by atoms with Crippen LogP contribution in [-0.4, -0.2) is 34.8 Å². The zero-order chi connectivity index (χ0) is 8.15. The Hall–Kier alpha value is -0.0400. The zero-order valence-electron chi connectivity index (χ0n) is 6.89. The molecule has 0 aliphatic carbocycles. The summed E-state index contributed by atoms with van der Waals surface area (Å²) < 4.78 is 0. The van der Waals surface area contributed by atoms with Crippen molar-refractivity contribution in [1.82, 2.24) is 5.01 Å². The molecular weight excluding hydrogens is 161 g/mol. The summed E-state index contributed by atoms with van der Waals surface area (Å²) in [6, 6.07) is -0.393. The molecule has 0 fully saturated rings. The van der Waals surface area contributed by atoms with Crippen molar-refractivity contribution in [2.45, 2.75) is 13.0 Å². The van der Waals surface area contributed by atoms with Gasteiger partial charge in [0.2, 0.25) is 0 Å². The van der Waals surface area contributed by atoms with Crippen molar-refractivity contribution in [3.63, 3.8) is 0 Å². The molecule has 0 spiro atoms. The van der Waals surface area contributed by atoms with Crippen LogP contribution in [0.1, 0.15) is 6.92 Å². The Labute approximate surface area is 86.9 Å². The second-order valence-corrected chi connectivity index (χ2v) is 1.94. The van der Waals surface area contributed by atoms with Crippen LogP contribution in [-0.2, 0) is 0 Å². The molecule has 60 valence electrons. The minimum Gasteiger partial charge on any atom is -0.737 e. The average Bonchev–Trinajstić information content (AvgIpc) is 2.00.